The van der Waals surface area contributed by atoms with Crippen LogP contribution in [-0.2, 0) is 46.1 Å². The van der Waals surface area contributed by atoms with Crippen molar-refractivity contribution in [2.45, 2.75) is 169 Å². The predicted molar refractivity (Wildman–Crippen MR) is 498 cm³/mol. The SMILES string of the molecule is CCC(C)c1c2c(cc3ccccc13)N(C)c1ccc3ccccc3c1C2(C)C.CCc1cc2c(c3ccccc13)N(C)c1c(cc(CC)c3ccccc13)C2(C)C.CN1c2ccc3ccccc3c2C(C)(C)c2c1cc(C(C)(C)C)c1ccccc21.Cc1c2c(cc3ccccc13)N(C)c1cc3ccc(C(F)(F)F)cc3cc1C2(C)C. The molecule has 0 bridgehead atoms. The molecule has 4 heterocycles. The Kier molecular flexibility index (Phi) is 19.0. The topological polar surface area (TPSA) is 13.0 Å². The number of hydrogen-bond acceptors (Lipinski definition) is 4. The molecule has 0 aliphatic carbocycles. The minimum atomic E-state index is -4.35. The van der Waals surface area contributed by atoms with E-state index in [1.165, 1.54) is 182 Å². The smallest absolute Gasteiger partial charge is 0.344 e. The van der Waals surface area contributed by atoms with Crippen LogP contribution >= 0.6 is 0 Å². The maximum Gasteiger partial charge on any atom is 0.416 e. The number of aryl methyl sites for hydroxylation is 3. The van der Waals surface area contributed by atoms with Crippen molar-refractivity contribution in [2.24, 2.45) is 0 Å². The third kappa shape index (κ3) is 12.3. The third-order valence-corrected chi connectivity index (χ3v) is 27.3. The van der Waals surface area contributed by atoms with Gasteiger partial charge in [0.2, 0.25) is 0 Å². The van der Waals surface area contributed by atoms with Gasteiger partial charge >= 0.3 is 6.18 Å². The molecule has 0 fully saturated rings. The lowest BCUT2D eigenvalue weighted by Gasteiger charge is -2.43. The van der Waals surface area contributed by atoms with Gasteiger partial charge in [-0.2, -0.15) is 13.2 Å². The van der Waals surface area contributed by atoms with Crippen molar-refractivity contribution >= 4 is 132 Å². The second-order valence-corrected chi connectivity index (χ2v) is 36.6. The molecule has 16 aromatic rings. The van der Waals surface area contributed by atoms with E-state index in [4.69, 9.17) is 0 Å². The number of nitrogens with zero attached hydrogens (tertiary/aromatic N) is 4. The van der Waals surface area contributed by atoms with Crippen LogP contribution in [0.1, 0.15) is 194 Å². The number of benzene rings is 16. The molecule has 1 unspecified atom stereocenters. The molecule has 0 saturated carbocycles. The van der Waals surface area contributed by atoms with Gasteiger partial charge in [-0.15, -0.1) is 0 Å². The fourth-order valence-electron chi connectivity index (χ4n) is 21.3. The molecular weight excluding hydrogens is 1430 g/mol. The average molecular weight is 1540 g/mol. The van der Waals surface area contributed by atoms with E-state index in [9.17, 15) is 13.2 Å². The normalized spacial score (nSPS) is 15.4. The molecule has 0 radical (unpaired) electrons. The van der Waals surface area contributed by atoms with Gasteiger partial charge in [0.1, 0.15) is 0 Å². The van der Waals surface area contributed by atoms with Crippen LogP contribution in [0.15, 0.2) is 255 Å². The Morgan fingerprint density at radius 3 is 1.21 bits per heavy atom. The van der Waals surface area contributed by atoms with Crippen LogP contribution in [0.3, 0.4) is 0 Å². The van der Waals surface area contributed by atoms with E-state index in [1.54, 1.807) is 6.07 Å². The van der Waals surface area contributed by atoms with Crippen molar-refractivity contribution in [2.75, 3.05) is 47.8 Å². The number of anilines is 8. The molecule has 0 amide bonds. The van der Waals surface area contributed by atoms with Crippen LogP contribution in [0.4, 0.5) is 58.7 Å². The number of fused-ring (bicyclic) bond motifs is 21. The van der Waals surface area contributed by atoms with Crippen LogP contribution in [0.25, 0.3) is 86.2 Å². The van der Waals surface area contributed by atoms with E-state index < -0.39 is 11.7 Å². The highest BCUT2D eigenvalue weighted by atomic mass is 19.4. The van der Waals surface area contributed by atoms with E-state index in [1.807, 2.05) is 31.3 Å². The fourth-order valence-corrected chi connectivity index (χ4v) is 21.3. The molecule has 590 valence electrons. The second kappa shape index (κ2) is 28.5. The summed E-state index contributed by atoms with van der Waals surface area (Å²) in [5.74, 6) is 0.513. The molecule has 1 atom stereocenters. The van der Waals surface area contributed by atoms with Gasteiger partial charge in [0.05, 0.1) is 16.9 Å². The van der Waals surface area contributed by atoms with Crippen LogP contribution in [0.5, 0.6) is 0 Å². The molecule has 117 heavy (non-hydrogen) atoms. The maximum atomic E-state index is 13.3. The number of rotatable bonds is 4. The summed E-state index contributed by atoms with van der Waals surface area (Å²) in [4.78, 5) is 9.46. The minimum Gasteiger partial charge on any atom is -0.344 e. The van der Waals surface area contributed by atoms with Crippen LogP contribution in [0.2, 0.25) is 0 Å². The van der Waals surface area contributed by atoms with Crippen molar-refractivity contribution in [3.05, 3.63) is 333 Å². The molecule has 0 N–H and O–H groups in total. The highest BCUT2D eigenvalue weighted by Gasteiger charge is 2.44. The van der Waals surface area contributed by atoms with E-state index in [2.05, 4.69) is 364 Å². The van der Waals surface area contributed by atoms with Gasteiger partial charge in [-0.05, 0) is 240 Å². The lowest BCUT2D eigenvalue weighted by atomic mass is 9.68. The maximum absolute atomic E-state index is 13.3. The first-order valence-corrected chi connectivity index (χ1v) is 42.1. The zero-order chi connectivity index (χ0) is 82.6. The molecular formula is C110H109F3N4. The Labute approximate surface area is 690 Å². The van der Waals surface area contributed by atoms with Gasteiger partial charge in [0, 0.05) is 94.7 Å². The number of halogens is 3. The summed E-state index contributed by atoms with van der Waals surface area (Å²) in [5.41, 5.74) is 27.2. The van der Waals surface area contributed by atoms with Gasteiger partial charge in [0.25, 0.3) is 0 Å². The lowest BCUT2D eigenvalue weighted by Crippen LogP contribution is -2.33. The van der Waals surface area contributed by atoms with Gasteiger partial charge < -0.3 is 19.6 Å². The molecule has 7 heteroatoms. The van der Waals surface area contributed by atoms with Crippen molar-refractivity contribution in [3.63, 3.8) is 0 Å². The van der Waals surface area contributed by atoms with E-state index in [0.717, 1.165) is 47.7 Å². The first-order chi connectivity index (χ1) is 55.7. The Bertz CT molecular complexity index is 6640. The highest BCUT2D eigenvalue weighted by molar-refractivity contribution is 6.09. The molecule has 4 aliphatic rings. The zero-order valence-electron chi connectivity index (χ0n) is 71.9. The minimum absolute atomic E-state index is 0.0426. The molecule has 20 rings (SSSR count). The third-order valence-electron chi connectivity index (χ3n) is 27.3. The first kappa shape index (κ1) is 78.1. The Balaban J connectivity index is 0.000000112. The molecule has 0 spiro atoms. The summed E-state index contributed by atoms with van der Waals surface area (Å²) in [5, 5.41) is 20.2. The summed E-state index contributed by atoms with van der Waals surface area (Å²) in [6.07, 6.45) is -1.10. The fraction of sp³-hybridized carbons (Fsp3) is 0.273. The summed E-state index contributed by atoms with van der Waals surface area (Å²) in [6, 6.07) is 90.8. The monoisotopic (exact) mass is 1540 g/mol. The molecule has 4 nitrogen and oxygen atoms in total. The largest absolute Gasteiger partial charge is 0.416 e. The Morgan fingerprint density at radius 1 is 0.316 bits per heavy atom. The number of alkyl halides is 3. The van der Waals surface area contributed by atoms with Gasteiger partial charge in [-0.25, -0.2) is 0 Å². The van der Waals surface area contributed by atoms with Gasteiger partial charge in [-0.1, -0.05) is 304 Å². The summed E-state index contributed by atoms with van der Waals surface area (Å²) in [7, 11) is 8.75. The first-order valence-electron chi connectivity index (χ1n) is 42.1. The van der Waals surface area contributed by atoms with Crippen LogP contribution < -0.4 is 19.6 Å². The second-order valence-electron chi connectivity index (χ2n) is 36.6. The highest BCUT2D eigenvalue weighted by Crippen LogP contribution is 2.60. The van der Waals surface area contributed by atoms with Gasteiger partial charge in [0.15, 0.2) is 0 Å². The van der Waals surface area contributed by atoms with Gasteiger partial charge in [-0.3, -0.25) is 0 Å². The average Bonchev–Trinajstić information content (AvgIpc) is 0.716. The number of hydrogen-bond donors (Lipinski definition) is 0. The van der Waals surface area contributed by atoms with Crippen molar-refractivity contribution < 1.29 is 13.2 Å². The van der Waals surface area contributed by atoms with Crippen LogP contribution in [0, 0.1) is 6.92 Å². The lowest BCUT2D eigenvalue weighted by molar-refractivity contribution is -0.137. The Morgan fingerprint density at radius 2 is 0.709 bits per heavy atom. The molecule has 0 saturated heterocycles. The van der Waals surface area contributed by atoms with E-state index in [-0.39, 0.29) is 27.1 Å². The van der Waals surface area contributed by atoms with Crippen molar-refractivity contribution in [1.82, 2.24) is 0 Å². The standard InChI is InChI=1S/3C28H29N.C26H22F3N/c1-27(2,3)22-17-24-26(21-14-10-9-13-20(21)22)28(4,5)25-19-12-8-7-11-18(19)15-16-23(25)29(24)6;1-6-18(2)25-21-13-9-8-12-20(21)17-24-27(25)28(3,4)26-22-14-10-7-11-19(22)15-16-23(26)29(24)5;1-6-18-16-24-26(22-14-10-8-12-20(18)22)29(5)27-23-15-11-9-13-21(23)19(7-2)17-25(27)28(24,3)4;1-15-20-8-6-5-7-17(20)14-23-24(15)25(2,3)21-12-18-11-19(26(27,28)29)10-9-16(18)13-22(21)30(23)4/h7-17H,1-6H3;7-18H,6H2,1-5H3;8-17H,6-7H2,1-5H3;5-14H,1-4H3. The molecule has 0 aromatic heterocycles. The van der Waals surface area contributed by atoms with Crippen molar-refractivity contribution in [3.8, 4) is 0 Å². The molecule has 16 aromatic carbocycles. The summed E-state index contributed by atoms with van der Waals surface area (Å²) in [6.45, 7) is 37.1. The van der Waals surface area contributed by atoms with Crippen molar-refractivity contribution in [1.29, 1.82) is 0 Å². The summed E-state index contributed by atoms with van der Waals surface area (Å²) >= 11 is 0. The predicted octanol–water partition coefficient (Wildman–Crippen LogP) is 30.9. The summed E-state index contributed by atoms with van der Waals surface area (Å²) < 4.78 is 39.8. The van der Waals surface area contributed by atoms with E-state index >= 15 is 0 Å². The van der Waals surface area contributed by atoms with Crippen LogP contribution in [-0.4, -0.2) is 28.2 Å². The van der Waals surface area contributed by atoms with E-state index in [0.29, 0.717) is 11.3 Å². The Hall–Kier alpha value is -11.4. The zero-order valence-corrected chi connectivity index (χ0v) is 71.9. The molecule has 4 aliphatic heterocycles. The quantitative estimate of drug-likeness (QED) is 0.174.